The van der Waals surface area contributed by atoms with Gasteiger partial charge in [0, 0.05) is 12.6 Å². The number of fused-ring (bicyclic) bond motifs is 2. The highest BCUT2D eigenvalue weighted by Crippen LogP contribution is 2.28. The molecule has 3 unspecified atom stereocenters. The van der Waals surface area contributed by atoms with Crippen LogP contribution in [-0.4, -0.2) is 37.6 Å². The fourth-order valence-electron chi connectivity index (χ4n) is 2.51. The molecule has 0 aromatic carbocycles. The van der Waals surface area contributed by atoms with Crippen LogP contribution in [0.1, 0.15) is 13.3 Å². The van der Waals surface area contributed by atoms with E-state index in [9.17, 15) is 0 Å². The molecule has 0 saturated carbocycles. The summed E-state index contributed by atoms with van der Waals surface area (Å²) >= 11 is 0. The minimum Gasteiger partial charge on any atom is -0.316 e. The van der Waals surface area contributed by atoms with Gasteiger partial charge in [-0.2, -0.15) is 0 Å². The maximum absolute atomic E-state index is 3.51. The van der Waals surface area contributed by atoms with Crippen molar-refractivity contribution in [2.45, 2.75) is 19.4 Å². The molecular formula is C9H18N2. The van der Waals surface area contributed by atoms with E-state index in [-0.39, 0.29) is 0 Å². The maximum Gasteiger partial charge on any atom is 0.0104 e. The lowest BCUT2D eigenvalue weighted by molar-refractivity contribution is 0.0648. The molecular weight excluding hydrogens is 136 g/mol. The summed E-state index contributed by atoms with van der Waals surface area (Å²) in [5.74, 6) is 1.84. The second-order valence-corrected chi connectivity index (χ2v) is 4.20. The molecule has 0 amide bonds. The average Bonchev–Trinajstić information content (AvgIpc) is 2.01. The van der Waals surface area contributed by atoms with Gasteiger partial charge in [0.2, 0.25) is 0 Å². The molecule has 2 saturated heterocycles. The lowest BCUT2D eigenvalue weighted by Crippen LogP contribution is -2.54. The van der Waals surface area contributed by atoms with Crippen molar-refractivity contribution in [3.8, 4) is 0 Å². The topological polar surface area (TPSA) is 15.3 Å². The Morgan fingerprint density at radius 2 is 2.18 bits per heavy atom. The van der Waals surface area contributed by atoms with Gasteiger partial charge >= 0.3 is 0 Å². The molecule has 0 radical (unpaired) electrons. The summed E-state index contributed by atoms with van der Waals surface area (Å²) in [5, 5.41) is 3.51. The van der Waals surface area contributed by atoms with Crippen molar-refractivity contribution in [3.05, 3.63) is 0 Å². The zero-order chi connectivity index (χ0) is 7.84. The van der Waals surface area contributed by atoms with Gasteiger partial charge in [-0.1, -0.05) is 0 Å². The first-order valence-electron chi connectivity index (χ1n) is 4.68. The largest absolute Gasteiger partial charge is 0.316 e. The quantitative estimate of drug-likeness (QED) is 0.548. The predicted octanol–water partition coefficient (Wildman–Crippen LogP) is 0.546. The first kappa shape index (κ1) is 7.56. The van der Waals surface area contributed by atoms with E-state index in [0.717, 1.165) is 17.9 Å². The van der Waals surface area contributed by atoms with E-state index in [1.165, 1.54) is 26.1 Å². The van der Waals surface area contributed by atoms with Gasteiger partial charge in [-0.3, -0.25) is 0 Å². The van der Waals surface area contributed by atoms with Crippen molar-refractivity contribution >= 4 is 0 Å². The van der Waals surface area contributed by atoms with E-state index < -0.39 is 0 Å². The smallest absolute Gasteiger partial charge is 0.0104 e. The summed E-state index contributed by atoms with van der Waals surface area (Å²) in [5.41, 5.74) is 0. The lowest BCUT2D eigenvalue weighted by atomic mass is 9.81. The van der Waals surface area contributed by atoms with Crippen molar-refractivity contribution in [1.29, 1.82) is 0 Å². The summed E-state index contributed by atoms with van der Waals surface area (Å²) in [6, 6.07) is 0.791. The molecule has 2 rings (SSSR count). The van der Waals surface area contributed by atoms with Gasteiger partial charge < -0.3 is 10.2 Å². The second kappa shape index (κ2) is 2.76. The molecule has 2 heterocycles. The molecule has 2 fully saturated rings. The normalized spacial score (nSPS) is 45.8. The zero-order valence-corrected chi connectivity index (χ0v) is 7.51. The molecule has 2 aliphatic heterocycles. The number of piperidine rings is 2. The number of nitrogens with zero attached hydrogens (tertiary/aromatic N) is 1. The number of nitrogens with one attached hydrogen (secondary N) is 1. The van der Waals surface area contributed by atoms with E-state index in [4.69, 9.17) is 0 Å². The van der Waals surface area contributed by atoms with Crippen LogP contribution >= 0.6 is 0 Å². The highest BCUT2D eigenvalue weighted by atomic mass is 15.2. The van der Waals surface area contributed by atoms with Gasteiger partial charge in [-0.15, -0.1) is 0 Å². The van der Waals surface area contributed by atoms with Crippen molar-refractivity contribution in [1.82, 2.24) is 10.2 Å². The van der Waals surface area contributed by atoms with Gasteiger partial charge in [-0.25, -0.2) is 0 Å². The highest BCUT2D eigenvalue weighted by Gasteiger charge is 2.33. The Morgan fingerprint density at radius 3 is 3.00 bits per heavy atom. The Bertz CT molecular complexity index is 144. The van der Waals surface area contributed by atoms with Crippen molar-refractivity contribution in [3.63, 3.8) is 0 Å². The van der Waals surface area contributed by atoms with E-state index in [1.54, 1.807) is 0 Å². The Labute approximate surface area is 69.0 Å². The Balaban J connectivity index is 2.05. The predicted molar refractivity (Wildman–Crippen MR) is 46.6 cm³/mol. The monoisotopic (exact) mass is 154 g/mol. The summed E-state index contributed by atoms with van der Waals surface area (Å²) in [4.78, 5) is 2.51. The standard InChI is InChI=1S/C9H18N2/c1-7-9-3-8(4-10-5-9)6-11(7)2/h7-10H,3-6H2,1-2H3. The maximum atomic E-state index is 3.51. The van der Waals surface area contributed by atoms with Crippen LogP contribution in [-0.2, 0) is 0 Å². The van der Waals surface area contributed by atoms with Crippen LogP contribution in [0.4, 0.5) is 0 Å². The summed E-state index contributed by atoms with van der Waals surface area (Å²) in [6.45, 7) is 6.13. The van der Waals surface area contributed by atoms with Gasteiger partial charge in [0.1, 0.15) is 0 Å². The van der Waals surface area contributed by atoms with Crippen LogP contribution in [0.2, 0.25) is 0 Å². The Kier molecular flexibility index (Phi) is 1.90. The summed E-state index contributed by atoms with van der Waals surface area (Å²) in [6.07, 6.45) is 1.46. The molecule has 64 valence electrons. The average molecular weight is 154 g/mol. The minimum atomic E-state index is 0.791. The fraction of sp³-hybridized carbons (Fsp3) is 1.00. The molecule has 2 aliphatic rings. The van der Waals surface area contributed by atoms with Crippen molar-refractivity contribution < 1.29 is 0 Å². The van der Waals surface area contributed by atoms with Gasteiger partial charge in [-0.05, 0) is 45.3 Å². The second-order valence-electron chi connectivity index (χ2n) is 4.20. The number of hydrogen-bond donors (Lipinski definition) is 1. The minimum absolute atomic E-state index is 0.791. The SMILES string of the molecule is CC1C2CNCC(C2)CN1C. The molecule has 2 heteroatoms. The summed E-state index contributed by atoms with van der Waals surface area (Å²) in [7, 11) is 2.26. The van der Waals surface area contributed by atoms with Crippen LogP contribution in [0, 0.1) is 11.8 Å². The van der Waals surface area contributed by atoms with Gasteiger partial charge in [0.15, 0.2) is 0 Å². The van der Waals surface area contributed by atoms with Crippen LogP contribution < -0.4 is 5.32 Å². The molecule has 11 heavy (non-hydrogen) atoms. The van der Waals surface area contributed by atoms with E-state index >= 15 is 0 Å². The molecule has 0 spiro atoms. The Hall–Kier alpha value is -0.0800. The van der Waals surface area contributed by atoms with Crippen molar-refractivity contribution in [2.75, 3.05) is 26.7 Å². The van der Waals surface area contributed by atoms with Crippen LogP contribution in [0.3, 0.4) is 0 Å². The van der Waals surface area contributed by atoms with Gasteiger partial charge in [0.05, 0.1) is 0 Å². The Morgan fingerprint density at radius 1 is 1.36 bits per heavy atom. The van der Waals surface area contributed by atoms with E-state index in [2.05, 4.69) is 24.2 Å². The van der Waals surface area contributed by atoms with Crippen LogP contribution in [0.25, 0.3) is 0 Å². The first-order valence-corrected chi connectivity index (χ1v) is 4.68. The molecule has 2 nitrogen and oxygen atoms in total. The number of likely N-dealkylation sites (tertiary alicyclic amines) is 1. The summed E-state index contributed by atoms with van der Waals surface area (Å²) < 4.78 is 0. The van der Waals surface area contributed by atoms with E-state index in [1.807, 2.05) is 0 Å². The third kappa shape index (κ3) is 1.30. The molecule has 3 atom stereocenters. The molecule has 0 aliphatic carbocycles. The third-order valence-corrected chi connectivity index (χ3v) is 3.40. The van der Waals surface area contributed by atoms with Crippen molar-refractivity contribution in [2.24, 2.45) is 11.8 Å². The molecule has 2 bridgehead atoms. The van der Waals surface area contributed by atoms with Gasteiger partial charge in [0.25, 0.3) is 0 Å². The lowest BCUT2D eigenvalue weighted by Gasteiger charge is -2.45. The number of hydrogen-bond acceptors (Lipinski definition) is 2. The van der Waals surface area contributed by atoms with Crippen LogP contribution in [0.15, 0.2) is 0 Å². The van der Waals surface area contributed by atoms with Crippen LogP contribution in [0.5, 0.6) is 0 Å². The third-order valence-electron chi connectivity index (χ3n) is 3.40. The van der Waals surface area contributed by atoms with E-state index in [0.29, 0.717) is 0 Å². The highest BCUT2D eigenvalue weighted by molar-refractivity contribution is 4.89. The fourth-order valence-corrected chi connectivity index (χ4v) is 2.51. The number of rotatable bonds is 0. The zero-order valence-electron chi connectivity index (χ0n) is 7.51. The first-order chi connectivity index (χ1) is 5.27. The molecule has 1 N–H and O–H groups in total. The molecule has 0 aromatic rings. The molecule has 0 aromatic heterocycles.